The average molecular weight is 236 g/mol. The molecule has 1 aromatic carbocycles. The van der Waals surface area contributed by atoms with Crippen LogP contribution in [0.25, 0.3) is 0 Å². The van der Waals surface area contributed by atoms with Crippen LogP contribution in [0.1, 0.15) is 19.4 Å². The highest BCUT2D eigenvalue weighted by Gasteiger charge is 1.98. The Labute approximate surface area is 102 Å². The van der Waals surface area contributed by atoms with E-state index in [4.69, 9.17) is 20.6 Å². The topological polar surface area (TPSA) is 68.3 Å². The van der Waals surface area contributed by atoms with Crippen LogP contribution < -0.4 is 10.5 Å². The lowest BCUT2D eigenvalue weighted by molar-refractivity contribution is 0.0552. The molecule has 17 heavy (non-hydrogen) atoms. The molecule has 0 atom stereocenters. The number of rotatable bonds is 7. The second-order valence-corrected chi connectivity index (χ2v) is 4.11. The molecule has 0 unspecified atom stereocenters. The van der Waals surface area contributed by atoms with Crippen LogP contribution in [-0.4, -0.2) is 25.2 Å². The van der Waals surface area contributed by atoms with Crippen LogP contribution in [0.15, 0.2) is 24.3 Å². The van der Waals surface area contributed by atoms with Gasteiger partial charge in [0.05, 0.1) is 18.5 Å². The monoisotopic (exact) mass is 236 g/mol. The maximum Gasteiger partial charge on any atom is 0.119 e. The minimum absolute atomic E-state index is 0.170. The van der Waals surface area contributed by atoms with Gasteiger partial charge >= 0.3 is 0 Å². The van der Waals surface area contributed by atoms with Crippen LogP contribution in [0.5, 0.6) is 5.75 Å². The summed E-state index contributed by atoms with van der Waals surface area (Å²) >= 11 is 0. The van der Waals surface area contributed by atoms with E-state index in [1.165, 1.54) is 0 Å². The lowest BCUT2D eigenvalue weighted by Crippen LogP contribution is -2.13. The summed E-state index contributed by atoms with van der Waals surface area (Å²) in [6, 6.07) is 7.60. The van der Waals surface area contributed by atoms with Gasteiger partial charge in [-0.3, -0.25) is 5.41 Å². The molecule has 1 aromatic rings. The Morgan fingerprint density at radius 3 is 2.41 bits per heavy atom. The summed E-state index contributed by atoms with van der Waals surface area (Å²) in [6.45, 7) is 5.13. The number of hydrogen-bond acceptors (Lipinski definition) is 3. The molecule has 0 saturated heterocycles. The van der Waals surface area contributed by atoms with Crippen molar-refractivity contribution in [1.82, 2.24) is 0 Å². The third-order valence-electron chi connectivity index (χ3n) is 2.12. The van der Waals surface area contributed by atoms with Crippen molar-refractivity contribution in [3.63, 3.8) is 0 Å². The lowest BCUT2D eigenvalue weighted by Gasteiger charge is -2.09. The van der Waals surface area contributed by atoms with Gasteiger partial charge in [-0.15, -0.1) is 0 Å². The van der Waals surface area contributed by atoms with Crippen LogP contribution in [0.3, 0.4) is 0 Å². The first-order chi connectivity index (χ1) is 8.08. The summed E-state index contributed by atoms with van der Waals surface area (Å²) in [4.78, 5) is 0. The van der Waals surface area contributed by atoms with E-state index in [2.05, 4.69) is 0 Å². The van der Waals surface area contributed by atoms with Crippen molar-refractivity contribution in [3.05, 3.63) is 29.8 Å². The van der Waals surface area contributed by atoms with Crippen LogP contribution >= 0.6 is 0 Å². The molecule has 3 N–H and O–H groups in total. The second kappa shape index (κ2) is 6.91. The van der Waals surface area contributed by atoms with E-state index in [-0.39, 0.29) is 11.9 Å². The van der Waals surface area contributed by atoms with E-state index in [1.807, 2.05) is 38.1 Å². The predicted molar refractivity (Wildman–Crippen MR) is 68.6 cm³/mol. The van der Waals surface area contributed by atoms with Crippen molar-refractivity contribution in [2.45, 2.75) is 26.4 Å². The lowest BCUT2D eigenvalue weighted by atomic mass is 10.1. The van der Waals surface area contributed by atoms with Crippen molar-refractivity contribution >= 4 is 5.84 Å². The molecule has 4 heteroatoms. The molecule has 4 nitrogen and oxygen atoms in total. The molecular weight excluding hydrogens is 216 g/mol. The maximum atomic E-state index is 7.19. The van der Waals surface area contributed by atoms with Gasteiger partial charge in [-0.05, 0) is 31.5 Å². The minimum atomic E-state index is 0.170. The molecule has 0 fully saturated rings. The highest BCUT2D eigenvalue weighted by Crippen LogP contribution is 2.12. The Hall–Kier alpha value is -1.55. The fourth-order valence-electron chi connectivity index (χ4n) is 1.37. The van der Waals surface area contributed by atoms with E-state index in [0.29, 0.717) is 19.6 Å². The van der Waals surface area contributed by atoms with E-state index < -0.39 is 0 Å². The molecule has 0 bridgehead atoms. The Balaban J connectivity index is 2.32. The van der Waals surface area contributed by atoms with Crippen LogP contribution in [0.2, 0.25) is 0 Å². The van der Waals surface area contributed by atoms with Crippen LogP contribution in [-0.2, 0) is 11.2 Å². The average Bonchev–Trinajstić information content (AvgIpc) is 2.25. The van der Waals surface area contributed by atoms with Gasteiger partial charge in [0.25, 0.3) is 0 Å². The molecule has 0 radical (unpaired) electrons. The van der Waals surface area contributed by atoms with E-state index in [0.717, 1.165) is 11.3 Å². The summed E-state index contributed by atoms with van der Waals surface area (Å²) in [5.74, 6) is 0.980. The van der Waals surface area contributed by atoms with Crippen molar-refractivity contribution in [3.8, 4) is 5.75 Å². The molecule has 0 aliphatic carbocycles. The highest BCUT2D eigenvalue weighted by atomic mass is 16.5. The molecule has 0 saturated carbocycles. The second-order valence-electron chi connectivity index (χ2n) is 4.11. The van der Waals surface area contributed by atoms with Gasteiger partial charge < -0.3 is 15.2 Å². The highest BCUT2D eigenvalue weighted by molar-refractivity contribution is 5.79. The fourth-order valence-corrected chi connectivity index (χ4v) is 1.37. The molecule has 0 aromatic heterocycles. The SMILES string of the molecule is CC(C)OCCOc1ccc(CC(=N)N)cc1. The number of hydrogen-bond donors (Lipinski definition) is 2. The van der Waals surface area contributed by atoms with Gasteiger partial charge in [-0.2, -0.15) is 0 Å². The molecule has 0 heterocycles. The number of ether oxygens (including phenoxy) is 2. The summed E-state index contributed by atoms with van der Waals surface area (Å²) < 4.78 is 10.9. The van der Waals surface area contributed by atoms with E-state index in [9.17, 15) is 0 Å². The zero-order chi connectivity index (χ0) is 12.7. The van der Waals surface area contributed by atoms with Gasteiger partial charge in [-0.1, -0.05) is 12.1 Å². The van der Waals surface area contributed by atoms with Crippen molar-refractivity contribution in [1.29, 1.82) is 5.41 Å². The largest absolute Gasteiger partial charge is 0.491 e. The number of nitrogens with two attached hydrogens (primary N) is 1. The smallest absolute Gasteiger partial charge is 0.119 e. The Morgan fingerprint density at radius 1 is 1.24 bits per heavy atom. The van der Waals surface area contributed by atoms with E-state index in [1.54, 1.807) is 0 Å². The summed E-state index contributed by atoms with van der Waals surface area (Å²) in [6.07, 6.45) is 0.716. The Bertz CT molecular complexity index is 347. The summed E-state index contributed by atoms with van der Waals surface area (Å²) in [5, 5.41) is 7.19. The molecule has 1 rings (SSSR count). The zero-order valence-electron chi connectivity index (χ0n) is 10.4. The molecule has 0 aliphatic heterocycles. The number of benzene rings is 1. The van der Waals surface area contributed by atoms with Gasteiger partial charge in [0, 0.05) is 6.42 Å². The van der Waals surface area contributed by atoms with Crippen LogP contribution in [0, 0.1) is 5.41 Å². The summed E-state index contributed by atoms with van der Waals surface area (Å²) in [5.41, 5.74) is 6.34. The molecule has 0 aliphatic rings. The third kappa shape index (κ3) is 5.92. The van der Waals surface area contributed by atoms with Gasteiger partial charge in [0.2, 0.25) is 0 Å². The first kappa shape index (κ1) is 13.5. The maximum absolute atomic E-state index is 7.19. The molecule has 0 spiro atoms. The fraction of sp³-hybridized carbons (Fsp3) is 0.462. The third-order valence-corrected chi connectivity index (χ3v) is 2.12. The number of nitrogens with one attached hydrogen (secondary N) is 1. The predicted octanol–water partition coefficient (Wildman–Crippen LogP) is 1.97. The Morgan fingerprint density at radius 2 is 1.88 bits per heavy atom. The van der Waals surface area contributed by atoms with Crippen molar-refractivity contribution in [2.24, 2.45) is 5.73 Å². The standard InChI is InChI=1S/C13H20N2O2/c1-10(2)16-7-8-17-12-5-3-11(4-6-12)9-13(14)15/h3-6,10H,7-9H2,1-2H3,(H3,14,15). The van der Waals surface area contributed by atoms with Crippen molar-refractivity contribution in [2.75, 3.05) is 13.2 Å². The summed E-state index contributed by atoms with van der Waals surface area (Å²) in [7, 11) is 0. The van der Waals surface area contributed by atoms with Gasteiger partial charge in [0.15, 0.2) is 0 Å². The number of amidine groups is 1. The zero-order valence-corrected chi connectivity index (χ0v) is 10.4. The molecule has 94 valence electrons. The van der Waals surface area contributed by atoms with Gasteiger partial charge in [-0.25, -0.2) is 0 Å². The quantitative estimate of drug-likeness (QED) is 0.432. The van der Waals surface area contributed by atoms with Gasteiger partial charge in [0.1, 0.15) is 12.4 Å². The first-order valence-corrected chi connectivity index (χ1v) is 5.74. The Kier molecular flexibility index (Phi) is 5.49. The molecular formula is C13H20N2O2. The van der Waals surface area contributed by atoms with Crippen molar-refractivity contribution < 1.29 is 9.47 Å². The minimum Gasteiger partial charge on any atom is -0.491 e. The van der Waals surface area contributed by atoms with Crippen LogP contribution in [0.4, 0.5) is 0 Å². The first-order valence-electron chi connectivity index (χ1n) is 5.74. The van der Waals surface area contributed by atoms with E-state index >= 15 is 0 Å². The normalized spacial score (nSPS) is 10.5. The molecule has 0 amide bonds.